The second-order valence-electron chi connectivity index (χ2n) is 5.64. The Hall–Kier alpha value is -1.06. The molecule has 0 aromatic heterocycles. The number of amides is 1. The zero-order valence-electron chi connectivity index (χ0n) is 14.0. The van der Waals surface area contributed by atoms with Crippen LogP contribution in [0.5, 0.6) is 0 Å². The summed E-state index contributed by atoms with van der Waals surface area (Å²) >= 11 is 0. The molecule has 0 aliphatic rings. The summed E-state index contributed by atoms with van der Waals surface area (Å²) in [5, 5.41) is 0. The number of hydrogen-bond acceptors (Lipinski definition) is 2. The van der Waals surface area contributed by atoms with E-state index < -0.39 is 0 Å². The van der Waals surface area contributed by atoms with Crippen LogP contribution in [-0.4, -0.2) is 23.9 Å². The monoisotopic (exact) mass is 326 g/mol. The SMILES string of the molecule is CCCCC(CC)C(=O)N(CCCN)Cc1ccccc1.Cl. The van der Waals surface area contributed by atoms with E-state index in [2.05, 4.69) is 26.0 Å². The van der Waals surface area contributed by atoms with Gasteiger partial charge in [-0.1, -0.05) is 57.0 Å². The highest BCUT2D eigenvalue weighted by molar-refractivity contribution is 5.85. The third-order valence-electron chi connectivity index (χ3n) is 3.91. The van der Waals surface area contributed by atoms with Crippen LogP contribution in [-0.2, 0) is 11.3 Å². The van der Waals surface area contributed by atoms with Gasteiger partial charge in [0.15, 0.2) is 0 Å². The van der Waals surface area contributed by atoms with Crippen molar-refractivity contribution >= 4 is 18.3 Å². The van der Waals surface area contributed by atoms with Crippen LogP contribution in [0.15, 0.2) is 30.3 Å². The maximum Gasteiger partial charge on any atom is 0.225 e. The molecule has 22 heavy (non-hydrogen) atoms. The van der Waals surface area contributed by atoms with Crippen molar-refractivity contribution in [1.82, 2.24) is 4.90 Å². The number of halogens is 1. The minimum atomic E-state index is 0. The zero-order valence-corrected chi connectivity index (χ0v) is 14.8. The Morgan fingerprint density at radius 2 is 1.86 bits per heavy atom. The van der Waals surface area contributed by atoms with Gasteiger partial charge in [0.25, 0.3) is 0 Å². The van der Waals surface area contributed by atoms with E-state index in [9.17, 15) is 4.79 Å². The molecular weight excluding hydrogens is 296 g/mol. The van der Waals surface area contributed by atoms with Crippen molar-refractivity contribution in [2.75, 3.05) is 13.1 Å². The molecule has 1 unspecified atom stereocenters. The number of rotatable bonds is 10. The summed E-state index contributed by atoms with van der Waals surface area (Å²) < 4.78 is 0. The molecule has 0 aliphatic heterocycles. The van der Waals surface area contributed by atoms with Gasteiger partial charge in [-0.05, 0) is 31.4 Å². The Morgan fingerprint density at radius 3 is 2.41 bits per heavy atom. The van der Waals surface area contributed by atoms with Gasteiger partial charge in [-0.25, -0.2) is 0 Å². The molecule has 126 valence electrons. The predicted molar refractivity (Wildman–Crippen MR) is 96.1 cm³/mol. The maximum absolute atomic E-state index is 12.8. The number of nitrogens with zero attached hydrogens (tertiary/aromatic N) is 1. The fourth-order valence-electron chi connectivity index (χ4n) is 2.56. The normalized spacial score (nSPS) is 11.6. The van der Waals surface area contributed by atoms with Gasteiger partial charge in [0.2, 0.25) is 5.91 Å². The lowest BCUT2D eigenvalue weighted by atomic mass is 9.97. The summed E-state index contributed by atoms with van der Waals surface area (Å²) in [6.07, 6.45) is 5.06. The summed E-state index contributed by atoms with van der Waals surface area (Å²) in [5.74, 6) is 0.453. The van der Waals surface area contributed by atoms with E-state index in [4.69, 9.17) is 5.73 Å². The lowest BCUT2D eigenvalue weighted by Crippen LogP contribution is -2.37. The van der Waals surface area contributed by atoms with E-state index in [0.717, 1.165) is 38.6 Å². The van der Waals surface area contributed by atoms with Crippen LogP contribution in [0.3, 0.4) is 0 Å². The topological polar surface area (TPSA) is 46.3 Å². The summed E-state index contributed by atoms with van der Waals surface area (Å²) in [7, 11) is 0. The molecule has 0 radical (unpaired) electrons. The molecule has 0 saturated heterocycles. The van der Waals surface area contributed by atoms with E-state index in [1.165, 1.54) is 5.56 Å². The summed E-state index contributed by atoms with van der Waals surface area (Å²) in [6.45, 7) is 6.37. The smallest absolute Gasteiger partial charge is 0.225 e. The van der Waals surface area contributed by atoms with E-state index >= 15 is 0 Å². The minimum absolute atomic E-state index is 0. The summed E-state index contributed by atoms with van der Waals surface area (Å²) in [5.41, 5.74) is 6.81. The van der Waals surface area contributed by atoms with Gasteiger partial charge in [-0.2, -0.15) is 0 Å². The molecule has 1 amide bonds. The van der Waals surface area contributed by atoms with Crippen LogP contribution >= 0.6 is 12.4 Å². The summed E-state index contributed by atoms with van der Waals surface area (Å²) in [6, 6.07) is 10.2. The minimum Gasteiger partial charge on any atom is -0.338 e. The maximum atomic E-state index is 12.8. The first kappa shape index (κ1) is 20.9. The molecule has 0 heterocycles. The number of unbranched alkanes of at least 4 members (excludes halogenated alkanes) is 1. The highest BCUT2D eigenvalue weighted by atomic mass is 35.5. The van der Waals surface area contributed by atoms with Crippen LogP contribution in [0.1, 0.15) is 51.5 Å². The van der Waals surface area contributed by atoms with Crippen LogP contribution in [0, 0.1) is 5.92 Å². The molecule has 1 rings (SSSR count). The Morgan fingerprint density at radius 1 is 1.18 bits per heavy atom. The van der Waals surface area contributed by atoms with Gasteiger partial charge in [-0.15, -0.1) is 12.4 Å². The number of carbonyl (C=O) groups excluding carboxylic acids is 1. The Bertz CT molecular complexity index is 397. The second-order valence-corrected chi connectivity index (χ2v) is 5.64. The highest BCUT2D eigenvalue weighted by Crippen LogP contribution is 2.18. The molecule has 0 spiro atoms. The quantitative estimate of drug-likeness (QED) is 0.706. The van der Waals surface area contributed by atoms with Crippen molar-refractivity contribution in [3.8, 4) is 0 Å². The Kier molecular flexibility index (Phi) is 11.9. The van der Waals surface area contributed by atoms with Gasteiger partial charge < -0.3 is 10.6 Å². The standard InChI is InChI=1S/C18H30N2O.ClH/c1-3-5-12-17(4-2)18(21)20(14-9-13-19)15-16-10-7-6-8-11-16;/h6-8,10-11,17H,3-5,9,12-15,19H2,1-2H3;1H. The molecule has 0 saturated carbocycles. The molecular formula is C18H31ClN2O. The molecule has 1 aromatic carbocycles. The van der Waals surface area contributed by atoms with Crippen molar-refractivity contribution in [1.29, 1.82) is 0 Å². The molecule has 0 bridgehead atoms. The fraction of sp³-hybridized carbons (Fsp3) is 0.611. The van der Waals surface area contributed by atoms with Crippen LogP contribution in [0.4, 0.5) is 0 Å². The van der Waals surface area contributed by atoms with Crippen LogP contribution in [0.2, 0.25) is 0 Å². The molecule has 0 fully saturated rings. The number of carbonyl (C=O) groups is 1. The lowest BCUT2D eigenvalue weighted by Gasteiger charge is -2.27. The van der Waals surface area contributed by atoms with E-state index in [0.29, 0.717) is 19.0 Å². The molecule has 4 heteroatoms. The number of hydrogen-bond donors (Lipinski definition) is 1. The van der Waals surface area contributed by atoms with Crippen molar-refractivity contribution < 1.29 is 4.79 Å². The number of nitrogens with two attached hydrogens (primary N) is 1. The fourth-order valence-corrected chi connectivity index (χ4v) is 2.56. The first-order valence-electron chi connectivity index (χ1n) is 8.25. The second kappa shape index (κ2) is 12.5. The van der Waals surface area contributed by atoms with Gasteiger partial charge in [0.1, 0.15) is 0 Å². The van der Waals surface area contributed by atoms with Gasteiger partial charge in [0, 0.05) is 19.0 Å². The van der Waals surface area contributed by atoms with E-state index in [1.807, 2.05) is 23.1 Å². The molecule has 0 aliphatic carbocycles. The Labute approximate surface area is 141 Å². The van der Waals surface area contributed by atoms with Crippen LogP contribution in [0.25, 0.3) is 0 Å². The lowest BCUT2D eigenvalue weighted by molar-refractivity contribution is -0.136. The van der Waals surface area contributed by atoms with Gasteiger partial charge in [0.05, 0.1) is 0 Å². The molecule has 1 aromatic rings. The van der Waals surface area contributed by atoms with Crippen molar-refractivity contribution in [2.45, 2.75) is 52.5 Å². The summed E-state index contributed by atoms with van der Waals surface area (Å²) in [4.78, 5) is 14.8. The average molecular weight is 327 g/mol. The van der Waals surface area contributed by atoms with E-state index in [1.54, 1.807) is 0 Å². The third-order valence-corrected chi connectivity index (χ3v) is 3.91. The van der Waals surface area contributed by atoms with Crippen molar-refractivity contribution in [2.24, 2.45) is 11.7 Å². The van der Waals surface area contributed by atoms with Gasteiger partial charge >= 0.3 is 0 Å². The predicted octanol–water partition coefficient (Wildman–Crippen LogP) is 4.00. The van der Waals surface area contributed by atoms with Crippen molar-refractivity contribution in [3.05, 3.63) is 35.9 Å². The number of benzene rings is 1. The third kappa shape index (κ3) is 7.28. The largest absolute Gasteiger partial charge is 0.338 e. The van der Waals surface area contributed by atoms with E-state index in [-0.39, 0.29) is 18.3 Å². The van der Waals surface area contributed by atoms with Crippen LogP contribution < -0.4 is 5.73 Å². The molecule has 1 atom stereocenters. The van der Waals surface area contributed by atoms with Gasteiger partial charge in [-0.3, -0.25) is 4.79 Å². The first-order valence-corrected chi connectivity index (χ1v) is 8.25. The first-order chi connectivity index (χ1) is 10.2. The average Bonchev–Trinajstić information content (AvgIpc) is 2.53. The molecule has 3 nitrogen and oxygen atoms in total. The molecule has 2 N–H and O–H groups in total. The highest BCUT2D eigenvalue weighted by Gasteiger charge is 2.22. The zero-order chi connectivity index (χ0) is 15.5. The van der Waals surface area contributed by atoms with Crippen molar-refractivity contribution in [3.63, 3.8) is 0 Å². The Balaban J connectivity index is 0.00000441.